The Morgan fingerprint density at radius 1 is 1.20 bits per heavy atom. The van der Waals surface area contributed by atoms with Gasteiger partial charge in [-0.05, 0) is 50.5 Å². The Bertz CT molecular complexity index is 415. The lowest BCUT2D eigenvalue weighted by Crippen LogP contribution is -2.20. The van der Waals surface area contributed by atoms with Crippen LogP contribution in [-0.2, 0) is 0 Å². The largest absolute Gasteiger partial charge is 0.310 e. The molecule has 0 radical (unpaired) electrons. The van der Waals surface area contributed by atoms with Crippen LogP contribution in [0.25, 0.3) is 0 Å². The highest BCUT2D eigenvalue weighted by atomic mass is 35.5. The van der Waals surface area contributed by atoms with Crippen LogP contribution in [0, 0.1) is 5.82 Å². The first-order chi connectivity index (χ1) is 9.57. The molecule has 0 amide bonds. The van der Waals surface area contributed by atoms with Crippen LogP contribution in [0.4, 0.5) is 4.39 Å². The third-order valence-corrected chi connectivity index (χ3v) is 4.65. The summed E-state index contributed by atoms with van der Waals surface area (Å²) in [5.41, 5.74) is 0.649. The topological polar surface area (TPSA) is 12.0 Å². The number of hydrogen-bond donors (Lipinski definition) is 1. The smallest absolute Gasteiger partial charge is 0.142 e. The highest BCUT2D eigenvalue weighted by molar-refractivity contribution is 7.98. The van der Waals surface area contributed by atoms with Crippen LogP contribution in [0.2, 0.25) is 10.0 Å². The Labute approximate surface area is 135 Å². The Morgan fingerprint density at radius 3 is 2.60 bits per heavy atom. The lowest BCUT2D eigenvalue weighted by molar-refractivity contribution is 0.533. The second kappa shape index (κ2) is 9.88. The normalized spacial score (nSPS) is 12.7. The van der Waals surface area contributed by atoms with E-state index in [0.717, 1.165) is 13.0 Å². The van der Waals surface area contributed by atoms with E-state index in [1.165, 1.54) is 31.1 Å². The summed E-state index contributed by atoms with van der Waals surface area (Å²) in [6.45, 7) is 2.85. The summed E-state index contributed by atoms with van der Waals surface area (Å²) in [5, 5.41) is 3.99. The van der Waals surface area contributed by atoms with Gasteiger partial charge in [0.15, 0.2) is 0 Å². The van der Waals surface area contributed by atoms with E-state index in [1.807, 2.05) is 18.7 Å². The van der Waals surface area contributed by atoms with Gasteiger partial charge in [0.2, 0.25) is 0 Å². The molecule has 0 heterocycles. The molecule has 0 aliphatic carbocycles. The first-order valence-electron chi connectivity index (χ1n) is 6.93. The van der Waals surface area contributed by atoms with E-state index in [0.29, 0.717) is 10.6 Å². The summed E-state index contributed by atoms with van der Waals surface area (Å²) in [6.07, 6.45) is 7.00. The number of nitrogens with one attached hydrogen (secondary N) is 1. The van der Waals surface area contributed by atoms with Crippen molar-refractivity contribution in [2.24, 2.45) is 0 Å². The fourth-order valence-electron chi connectivity index (χ4n) is 2.09. The summed E-state index contributed by atoms with van der Waals surface area (Å²) in [6, 6.07) is 2.81. The van der Waals surface area contributed by atoms with Crippen molar-refractivity contribution in [1.82, 2.24) is 5.32 Å². The Hall–Kier alpha value is 0.0400. The molecule has 1 aromatic carbocycles. The van der Waals surface area contributed by atoms with Crippen LogP contribution in [0.5, 0.6) is 0 Å². The van der Waals surface area contributed by atoms with Crippen LogP contribution in [0.1, 0.15) is 44.2 Å². The average Bonchev–Trinajstić information content (AvgIpc) is 2.42. The van der Waals surface area contributed by atoms with Crippen molar-refractivity contribution in [3.63, 3.8) is 0 Å². The van der Waals surface area contributed by atoms with Crippen LogP contribution < -0.4 is 5.32 Å². The molecule has 114 valence electrons. The van der Waals surface area contributed by atoms with Gasteiger partial charge < -0.3 is 5.32 Å². The Balaban J connectivity index is 2.36. The predicted molar refractivity (Wildman–Crippen MR) is 89.7 cm³/mol. The molecule has 1 aromatic rings. The first-order valence-corrected chi connectivity index (χ1v) is 9.08. The van der Waals surface area contributed by atoms with Crippen LogP contribution >= 0.6 is 35.0 Å². The van der Waals surface area contributed by atoms with E-state index in [9.17, 15) is 4.39 Å². The van der Waals surface area contributed by atoms with Crippen molar-refractivity contribution < 1.29 is 4.39 Å². The minimum Gasteiger partial charge on any atom is -0.310 e. The maximum Gasteiger partial charge on any atom is 0.142 e. The molecule has 1 nitrogen and oxygen atoms in total. The molecule has 1 N–H and O–H groups in total. The van der Waals surface area contributed by atoms with E-state index in [-0.39, 0.29) is 11.1 Å². The average molecular weight is 338 g/mol. The molecule has 0 spiro atoms. The van der Waals surface area contributed by atoms with E-state index in [4.69, 9.17) is 23.2 Å². The summed E-state index contributed by atoms with van der Waals surface area (Å²) in [7, 11) is 0. The van der Waals surface area contributed by atoms with Gasteiger partial charge in [-0.25, -0.2) is 4.39 Å². The number of thioether (sulfide) groups is 1. The molecule has 0 aliphatic rings. The quantitative estimate of drug-likeness (QED) is 0.457. The lowest BCUT2D eigenvalue weighted by Gasteiger charge is -2.17. The fourth-order valence-corrected chi connectivity index (χ4v) is 3.28. The summed E-state index contributed by atoms with van der Waals surface area (Å²) in [4.78, 5) is 0. The standard InChI is InChI=1S/C15H22Cl2FNS/c1-11(19-9-5-3-4-6-10-20-2)14-12(16)7-8-13(18)15(14)17/h7-8,11,19H,3-6,9-10H2,1-2H3. The molecule has 0 saturated carbocycles. The van der Waals surface area contributed by atoms with Gasteiger partial charge in [-0.3, -0.25) is 0 Å². The minimum absolute atomic E-state index is 0.0445. The molecular weight excluding hydrogens is 316 g/mol. The van der Waals surface area contributed by atoms with Crippen LogP contribution in [0.15, 0.2) is 12.1 Å². The maximum atomic E-state index is 13.5. The van der Waals surface area contributed by atoms with Crippen molar-refractivity contribution >= 4 is 35.0 Å². The molecule has 5 heteroatoms. The van der Waals surface area contributed by atoms with Gasteiger partial charge in [-0.1, -0.05) is 36.0 Å². The molecule has 20 heavy (non-hydrogen) atoms. The van der Waals surface area contributed by atoms with Gasteiger partial charge in [0.25, 0.3) is 0 Å². The van der Waals surface area contributed by atoms with Gasteiger partial charge >= 0.3 is 0 Å². The molecule has 0 saturated heterocycles. The third kappa shape index (κ3) is 5.80. The zero-order valence-corrected chi connectivity index (χ0v) is 14.3. The maximum absolute atomic E-state index is 13.5. The number of halogens is 3. The van der Waals surface area contributed by atoms with E-state index < -0.39 is 5.82 Å². The second-order valence-corrected chi connectivity index (χ2v) is 6.61. The molecule has 1 unspecified atom stereocenters. The Morgan fingerprint density at radius 2 is 1.90 bits per heavy atom. The number of benzene rings is 1. The lowest BCUT2D eigenvalue weighted by atomic mass is 10.1. The molecule has 1 atom stereocenters. The van der Waals surface area contributed by atoms with E-state index in [1.54, 1.807) is 6.07 Å². The van der Waals surface area contributed by atoms with E-state index in [2.05, 4.69) is 11.6 Å². The number of unbranched alkanes of at least 4 members (excludes halogenated alkanes) is 3. The summed E-state index contributed by atoms with van der Waals surface area (Å²) in [5.74, 6) is 0.815. The monoisotopic (exact) mass is 337 g/mol. The third-order valence-electron chi connectivity index (χ3n) is 3.24. The van der Waals surface area contributed by atoms with Crippen molar-refractivity contribution in [1.29, 1.82) is 0 Å². The van der Waals surface area contributed by atoms with Gasteiger partial charge in [0.05, 0.1) is 5.02 Å². The predicted octanol–water partition coefficient (Wildman–Crippen LogP) is 5.71. The summed E-state index contributed by atoms with van der Waals surface area (Å²) < 4.78 is 13.5. The fraction of sp³-hybridized carbons (Fsp3) is 0.600. The van der Waals surface area contributed by atoms with E-state index >= 15 is 0 Å². The molecule has 1 rings (SSSR count). The molecule has 0 aliphatic heterocycles. The first kappa shape index (κ1) is 18.1. The minimum atomic E-state index is -0.420. The van der Waals surface area contributed by atoms with Crippen molar-refractivity contribution in [2.45, 2.75) is 38.6 Å². The number of hydrogen-bond acceptors (Lipinski definition) is 2. The molecular formula is C15H22Cl2FNS. The van der Waals surface area contributed by atoms with Gasteiger partial charge in [0.1, 0.15) is 5.82 Å². The van der Waals surface area contributed by atoms with Crippen molar-refractivity contribution in [3.8, 4) is 0 Å². The highest BCUT2D eigenvalue weighted by Crippen LogP contribution is 2.32. The second-order valence-electron chi connectivity index (χ2n) is 4.84. The SMILES string of the molecule is CSCCCCCCNC(C)c1c(Cl)ccc(F)c1Cl. The Kier molecular flexibility index (Phi) is 8.94. The zero-order chi connectivity index (χ0) is 15.0. The summed E-state index contributed by atoms with van der Waals surface area (Å²) >= 11 is 14.0. The van der Waals surface area contributed by atoms with Gasteiger partial charge in [-0.15, -0.1) is 0 Å². The molecule has 0 fully saturated rings. The van der Waals surface area contributed by atoms with Gasteiger partial charge in [0, 0.05) is 16.6 Å². The van der Waals surface area contributed by atoms with Crippen molar-refractivity contribution in [2.75, 3.05) is 18.6 Å². The highest BCUT2D eigenvalue weighted by Gasteiger charge is 2.16. The van der Waals surface area contributed by atoms with Gasteiger partial charge in [-0.2, -0.15) is 11.8 Å². The molecule has 0 bridgehead atoms. The number of rotatable bonds is 9. The van der Waals surface area contributed by atoms with Crippen LogP contribution in [-0.4, -0.2) is 18.6 Å². The van der Waals surface area contributed by atoms with Crippen LogP contribution in [0.3, 0.4) is 0 Å². The van der Waals surface area contributed by atoms with Crippen molar-refractivity contribution in [3.05, 3.63) is 33.6 Å². The zero-order valence-electron chi connectivity index (χ0n) is 12.0. The molecule has 0 aromatic heterocycles.